The number of nitrogens with zero attached hydrogens (tertiary/aromatic N) is 2. The van der Waals surface area contributed by atoms with E-state index in [0.29, 0.717) is 25.9 Å². The fourth-order valence-electron chi connectivity index (χ4n) is 2.84. The molecule has 124 valence electrons. The molecule has 0 amide bonds. The number of anilines is 1. The molecule has 22 heavy (non-hydrogen) atoms. The van der Waals surface area contributed by atoms with Crippen LogP contribution in [0, 0.1) is 11.7 Å². The quantitative estimate of drug-likeness (QED) is 0.466. The number of aliphatic hydroxyl groups is 2. The molecule has 1 aromatic rings. The summed E-state index contributed by atoms with van der Waals surface area (Å²) in [5, 5.41) is 25.6. The Bertz CT molecular complexity index is 506. The largest absolute Gasteiger partial charge is 0.389 e. The number of aromatic nitrogens is 2. The molecule has 0 spiro atoms. The van der Waals surface area contributed by atoms with Crippen LogP contribution in [0.2, 0.25) is 5.28 Å². The zero-order valence-electron chi connectivity index (χ0n) is 12.5. The maximum atomic E-state index is 13.6. The SMILES string of the molecule is CC(O)NC[C@]1(O)CCCC(CNc2nc(Cl)ncc2F)C1. The monoisotopic (exact) mass is 332 g/mol. The van der Waals surface area contributed by atoms with E-state index in [4.69, 9.17) is 11.6 Å². The molecule has 8 heteroatoms. The van der Waals surface area contributed by atoms with Crippen molar-refractivity contribution < 1.29 is 14.6 Å². The van der Waals surface area contributed by atoms with Crippen molar-refractivity contribution in [2.75, 3.05) is 18.4 Å². The number of rotatable bonds is 6. The van der Waals surface area contributed by atoms with Crippen molar-refractivity contribution in [3.63, 3.8) is 0 Å². The topological polar surface area (TPSA) is 90.3 Å². The van der Waals surface area contributed by atoms with Crippen molar-refractivity contribution in [2.45, 2.75) is 44.4 Å². The molecule has 1 fully saturated rings. The highest BCUT2D eigenvalue weighted by molar-refractivity contribution is 6.28. The van der Waals surface area contributed by atoms with Crippen LogP contribution in [0.5, 0.6) is 0 Å². The molecule has 2 unspecified atom stereocenters. The first-order valence-electron chi connectivity index (χ1n) is 7.44. The summed E-state index contributed by atoms with van der Waals surface area (Å²) in [6.07, 6.45) is 3.49. The van der Waals surface area contributed by atoms with E-state index < -0.39 is 17.6 Å². The van der Waals surface area contributed by atoms with Gasteiger partial charge in [0.2, 0.25) is 5.28 Å². The fraction of sp³-hybridized carbons (Fsp3) is 0.714. The molecular formula is C14H22ClFN4O2. The Kier molecular flexibility index (Phi) is 5.91. The second kappa shape index (κ2) is 7.50. The van der Waals surface area contributed by atoms with Crippen LogP contribution in [0.3, 0.4) is 0 Å². The highest BCUT2D eigenvalue weighted by atomic mass is 35.5. The molecule has 1 saturated carbocycles. The van der Waals surface area contributed by atoms with Crippen molar-refractivity contribution in [1.82, 2.24) is 15.3 Å². The minimum atomic E-state index is -0.844. The third kappa shape index (κ3) is 5.01. The third-order valence-corrected chi connectivity index (χ3v) is 4.10. The summed E-state index contributed by atoms with van der Waals surface area (Å²) < 4.78 is 13.6. The second-order valence-corrected chi connectivity index (χ2v) is 6.30. The summed E-state index contributed by atoms with van der Waals surface area (Å²) in [5.74, 6) is -0.273. The van der Waals surface area contributed by atoms with Gasteiger partial charge in [0.25, 0.3) is 0 Å². The van der Waals surface area contributed by atoms with Crippen LogP contribution in [-0.4, -0.2) is 45.1 Å². The smallest absolute Gasteiger partial charge is 0.224 e. The first kappa shape index (κ1) is 17.3. The van der Waals surface area contributed by atoms with Gasteiger partial charge in [0, 0.05) is 13.1 Å². The molecule has 1 aliphatic rings. The summed E-state index contributed by atoms with van der Waals surface area (Å²) in [7, 11) is 0. The van der Waals surface area contributed by atoms with Crippen LogP contribution in [0.1, 0.15) is 32.6 Å². The lowest BCUT2D eigenvalue weighted by atomic mass is 9.78. The Morgan fingerprint density at radius 2 is 2.36 bits per heavy atom. The second-order valence-electron chi connectivity index (χ2n) is 5.96. The number of aliphatic hydroxyl groups excluding tert-OH is 1. The van der Waals surface area contributed by atoms with E-state index >= 15 is 0 Å². The molecule has 0 bridgehead atoms. The van der Waals surface area contributed by atoms with Gasteiger partial charge in [-0.15, -0.1) is 0 Å². The molecule has 6 nitrogen and oxygen atoms in total. The zero-order chi connectivity index (χ0) is 16.2. The van der Waals surface area contributed by atoms with E-state index in [1.54, 1.807) is 6.92 Å². The number of halogens is 2. The summed E-state index contributed by atoms with van der Waals surface area (Å²) in [6.45, 7) is 2.46. The first-order chi connectivity index (χ1) is 10.4. The van der Waals surface area contributed by atoms with Crippen LogP contribution in [0.4, 0.5) is 10.2 Å². The molecule has 0 saturated heterocycles. The zero-order valence-corrected chi connectivity index (χ0v) is 13.3. The summed E-state index contributed by atoms with van der Waals surface area (Å²) in [4.78, 5) is 7.38. The van der Waals surface area contributed by atoms with Gasteiger partial charge in [-0.25, -0.2) is 9.37 Å². The van der Waals surface area contributed by atoms with Gasteiger partial charge in [0.1, 0.15) is 6.23 Å². The summed E-state index contributed by atoms with van der Waals surface area (Å²) in [5.41, 5.74) is -0.844. The Morgan fingerprint density at radius 1 is 1.59 bits per heavy atom. The van der Waals surface area contributed by atoms with Crippen molar-refractivity contribution in [2.24, 2.45) is 5.92 Å². The lowest BCUT2D eigenvalue weighted by Gasteiger charge is -2.37. The molecular weight excluding hydrogens is 311 g/mol. The highest BCUT2D eigenvalue weighted by Crippen LogP contribution is 2.32. The van der Waals surface area contributed by atoms with Crippen LogP contribution >= 0.6 is 11.6 Å². The van der Waals surface area contributed by atoms with Gasteiger partial charge < -0.3 is 15.5 Å². The Labute approximate surface area is 134 Å². The fourth-order valence-corrected chi connectivity index (χ4v) is 2.98. The molecule has 3 atom stereocenters. The lowest BCUT2D eigenvalue weighted by Crippen LogP contribution is -2.47. The van der Waals surface area contributed by atoms with Gasteiger partial charge in [0.05, 0.1) is 11.8 Å². The van der Waals surface area contributed by atoms with E-state index in [2.05, 4.69) is 20.6 Å². The molecule has 0 radical (unpaired) electrons. The van der Waals surface area contributed by atoms with E-state index in [1.807, 2.05) is 0 Å². The number of hydrogen-bond donors (Lipinski definition) is 4. The minimum absolute atomic E-state index is 0.00909. The average molecular weight is 333 g/mol. The van der Waals surface area contributed by atoms with Gasteiger partial charge in [-0.05, 0) is 43.7 Å². The minimum Gasteiger partial charge on any atom is -0.389 e. The van der Waals surface area contributed by atoms with Gasteiger partial charge in [-0.2, -0.15) is 4.98 Å². The van der Waals surface area contributed by atoms with E-state index in [1.165, 1.54) is 0 Å². The predicted molar refractivity (Wildman–Crippen MR) is 82.1 cm³/mol. The Balaban J connectivity index is 1.88. The van der Waals surface area contributed by atoms with Crippen molar-refractivity contribution in [3.8, 4) is 0 Å². The molecule has 2 rings (SSSR count). The maximum absolute atomic E-state index is 13.6. The number of nitrogens with one attached hydrogen (secondary N) is 2. The molecule has 0 aromatic carbocycles. The van der Waals surface area contributed by atoms with Crippen molar-refractivity contribution in [3.05, 3.63) is 17.3 Å². The average Bonchev–Trinajstić information content (AvgIpc) is 2.46. The standard InChI is InChI=1S/C14H22ClFN4O2/c1-9(21)19-8-14(22)4-2-3-10(5-14)6-17-12-11(16)7-18-13(15)20-12/h7,9-10,19,21-22H,2-6,8H2,1H3,(H,17,18,20)/t9?,10?,14-/m0/s1. The van der Waals surface area contributed by atoms with Crippen molar-refractivity contribution >= 4 is 17.4 Å². The van der Waals surface area contributed by atoms with E-state index in [9.17, 15) is 14.6 Å². The lowest BCUT2D eigenvalue weighted by molar-refractivity contribution is -0.0231. The van der Waals surface area contributed by atoms with E-state index in [0.717, 1.165) is 19.0 Å². The summed E-state index contributed by atoms with van der Waals surface area (Å²) >= 11 is 5.65. The van der Waals surface area contributed by atoms with E-state index in [-0.39, 0.29) is 17.0 Å². The van der Waals surface area contributed by atoms with Crippen LogP contribution in [0.25, 0.3) is 0 Å². The first-order valence-corrected chi connectivity index (χ1v) is 7.81. The molecule has 4 N–H and O–H groups in total. The van der Waals surface area contributed by atoms with Crippen LogP contribution in [-0.2, 0) is 0 Å². The molecule has 1 heterocycles. The Morgan fingerprint density at radius 3 is 3.09 bits per heavy atom. The van der Waals surface area contributed by atoms with Crippen LogP contribution in [0.15, 0.2) is 6.20 Å². The Hall–Kier alpha value is -1.02. The highest BCUT2D eigenvalue weighted by Gasteiger charge is 2.34. The van der Waals surface area contributed by atoms with Gasteiger partial charge >= 0.3 is 0 Å². The van der Waals surface area contributed by atoms with Crippen molar-refractivity contribution in [1.29, 1.82) is 0 Å². The molecule has 1 aliphatic carbocycles. The van der Waals surface area contributed by atoms with Gasteiger partial charge in [0.15, 0.2) is 11.6 Å². The maximum Gasteiger partial charge on any atom is 0.224 e. The third-order valence-electron chi connectivity index (χ3n) is 3.92. The summed E-state index contributed by atoms with van der Waals surface area (Å²) in [6, 6.07) is 0. The molecule has 1 aromatic heterocycles. The normalized spacial score (nSPS) is 26.7. The predicted octanol–water partition coefficient (Wildman–Crippen LogP) is 1.53. The molecule has 0 aliphatic heterocycles. The van der Waals surface area contributed by atoms with Crippen LogP contribution < -0.4 is 10.6 Å². The van der Waals surface area contributed by atoms with Gasteiger partial charge in [-0.3, -0.25) is 5.32 Å². The number of hydrogen-bond acceptors (Lipinski definition) is 6. The van der Waals surface area contributed by atoms with Gasteiger partial charge in [-0.1, -0.05) is 6.42 Å².